The largest absolute Gasteiger partial charge is 0.356 e. The van der Waals surface area contributed by atoms with Crippen molar-refractivity contribution in [2.75, 3.05) is 33.2 Å². The Morgan fingerprint density at radius 3 is 2.87 bits per heavy atom. The third-order valence-corrected chi connectivity index (χ3v) is 4.62. The summed E-state index contributed by atoms with van der Waals surface area (Å²) in [6.07, 6.45) is 3.91. The first-order valence-corrected chi connectivity index (χ1v) is 8.90. The van der Waals surface area contributed by atoms with Gasteiger partial charge in [-0.25, -0.2) is 0 Å². The fourth-order valence-corrected chi connectivity index (χ4v) is 3.21. The molecule has 2 rings (SSSR count). The van der Waals surface area contributed by atoms with E-state index in [1.807, 2.05) is 7.05 Å². The molecule has 1 atom stereocenters. The maximum absolute atomic E-state index is 4.31. The molecule has 1 aromatic carbocycles. The second kappa shape index (κ2) is 9.56. The van der Waals surface area contributed by atoms with E-state index < -0.39 is 0 Å². The molecule has 0 aliphatic carbocycles. The van der Waals surface area contributed by atoms with Crippen LogP contribution in [0.25, 0.3) is 0 Å². The molecule has 128 valence electrons. The van der Waals surface area contributed by atoms with E-state index in [0.717, 1.165) is 31.4 Å². The number of hydrogen-bond acceptors (Lipinski definition) is 2. The van der Waals surface area contributed by atoms with Crippen molar-refractivity contribution >= 4 is 5.96 Å². The van der Waals surface area contributed by atoms with E-state index in [4.69, 9.17) is 0 Å². The van der Waals surface area contributed by atoms with Crippen molar-refractivity contribution in [3.63, 3.8) is 0 Å². The highest BCUT2D eigenvalue weighted by Gasteiger charge is 2.15. The van der Waals surface area contributed by atoms with Crippen molar-refractivity contribution in [2.24, 2.45) is 10.9 Å². The standard InChI is InChI=1S/C19H32N4/c1-16-8-6-12-23(15-16)13-7-11-21-19(20-3)22-14-18-10-5-4-9-17(18)2/h4-5,9-10,16H,6-8,11-15H2,1-3H3,(H2,20,21,22). The van der Waals surface area contributed by atoms with E-state index in [0.29, 0.717) is 0 Å². The van der Waals surface area contributed by atoms with Crippen molar-refractivity contribution in [1.29, 1.82) is 0 Å². The Morgan fingerprint density at radius 1 is 1.30 bits per heavy atom. The topological polar surface area (TPSA) is 39.7 Å². The van der Waals surface area contributed by atoms with E-state index in [1.165, 1.54) is 43.6 Å². The van der Waals surface area contributed by atoms with Crippen LogP contribution in [0.15, 0.2) is 29.3 Å². The monoisotopic (exact) mass is 316 g/mol. The van der Waals surface area contributed by atoms with Gasteiger partial charge in [-0.05, 0) is 56.3 Å². The molecular formula is C19H32N4. The maximum Gasteiger partial charge on any atom is 0.191 e. The molecule has 0 aromatic heterocycles. The molecule has 0 bridgehead atoms. The fraction of sp³-hybridized carbons (Fsp3) is 0.632. The summed E-state index contributed by atoms with van der Waals surface area (Å²) in [5.74, 6) is 1.75. The number of piperidine rings is 1. The summed E-state index contributed by atoms with van der Waals surface area (Å²) in [5, 5.41) is 6.82. The van der Waals surface area contributed by atoms with Crippen molar-refractivity contribution in [1.82, 2.24) is 15.5 Å². The predicted octanol–water partition coefficient (Wildman–Crippen LogP) is 2.78. The summed E-state index contributed by atoms with van der Waals surface area (Å²) in [7, 11) is 1.83. The molecule has 1 unspecified atom stereocenters. The molecule has 4 heteroatoms. The Hall–Kier alpha value is -1.55. The lowest BCUT2D eigenvalue weighted by Gasteiger charge is -2.30. The van der Waals surface area contributed by atoms with Crippen LogP contribution in [0.5, 0.6) is 0 Å². The summed E-state index contributed by atoms with van der Waals surface area (Å²) < 4.78 is 0. The van der Waals surface area contributed by atoms with Gasteiger partial charge in [0.05, 0.1) is 0 Å². The van der Waals surface area contributed by atoms with E-state index >= 15 is 0 Å². The second-order valence-electron chi connectivity index (χ2n) is 6.68. The first kappa shape index (κ1) is 17.8. The summed E-state index contributed by atoms with van der Waals surface area (Å²) in [5.41, 5.74) is 2.63. The van der Waals surface area contributed by atoms with Gasteiger partial charge in [0, 0.05) is 26.7 Å². The molecule has 2 N–H and O–H groups in total. The van der Waals surface area contributed by atoms with Crippen molar-refractivity contribution in [3.05, 3.63) is 35.4 Å². The van der Waals surface area contributed by atoms with Gasteiger partial charge in [-0.1, -0.05) is 31.2 Å². The van der Waals surface area contributed by atoms with Crippen LogP contribution in [0.3, 0.4) is 0 Å². The number of nitrogens with zero attached hydrogens (tertiary/aromatic N) is 2. The van der Waals surface area contributed by atoms with Crippen LogP contribution in [0.1, 0.15) is 37.3 Å². The van der Waals surface area contributed by atoms with Crippen molar-refractivity contribution in [2.45, 2.75) is 39.7 Å². The van der Waals surface area contributed by atoms with Gasteiger partial charge in [0.2, 0.25) is 0 Å². The van der Waals surface area contributed by atoms with Crippen molar-refractivity contribution in [3.8, 4) is 0 Å². The Bertz CT molecular complexity index is 498. The van der Waals surface area contributed by atoms with Gasteiger partial charge >= 0.3 is 0 Å². The first-order chi connectivity index (χ1) is 11.2. The number of nitrogens with one attached hydrogen (secondary N) is 2. The molecule has 1 saturated heterocycles. The number of likely N-dealkylation sites (tertiary alicyclic amines) is 1. The van der Waals surface area contributed by atoms with Gasteiger partial charge in [0.15, 0.2) is 5.96 Å². The highest BCUT2D eigenvalue weighted by molar-refractivity contribution is 5.79. The second-order valence-corrected chi connectivity index (χ2v) is 6.68. The number of aliphatic imine (C=N–C) groups is 1. The number of guanidine groups is 1. The van der Waals surface area contributed by atoms with Crippen LogP contribution in [-0.2, 0) is 6.54 Å². The van der Waals surface area contributed by atoms with E-state index in [2.05, 4.69) is 58.6 Å². The summed E-state index contributed by atoms with van der Waals surface area (Å²) in [4.78, 5) is 6.91. The number of benzene rings is 1. The highest BCUT2D eigenvalue weighted by Crippen LogP contribution is 2.15. The smallest absolute Gasteiger partial charge is 0.191 e. The lowest BCUT2D eigenvalue weighted by atomic mass is 10.0. The Morgan fingerprint density at radius 2 is 2.13 bits per heavy atom. The van der Waals surface area contributed by atoms with Crippen LogP contribution < -0.4 is 10.6 Å². The number of hydrogen-bond donors (Lipinski definition) is 2. The quantitative estimate of drug-likeness (QED) is 0.482. The maximum atomic E-state index is 4.31. The van der Waals surface area contributed by atoms with Crippen LogP contribution in [0.2, 0.25) is 0 Å². The summed E-state index contributed by atoms with van der Waals surface area (Å²) in [6, 6.07) is 8.47. The molecule has 0 radical (unpaired) electrons. The van der Waals surface area contributed by atoms with Gasteiger partial charge < -0.3 is 15.5 Å². The minimum atomic E-state index is 0.815. The average molecular weight is 316 g/mol. The zero-order valence-corrected chi connectivity index (χ0v) is 14.9. The Kier molecular flexibility index (Phi) is 7.40. The summed E-state index contributed by atoms with van der Waals surface area (Å²) >= 11 is 0. The lowest BCUT2D eigenvalue weighted by molar-refractivity contribution is 0.182. The number of rotatable bonds is 6. The van der Waals surface area contributed by atoms with E-state index in [9.17, 15) is 0 Å². The molecule has 1 aromatic rings. The molecular weight excluding hydrogens is 284 g/mol. The Labute approximate surface area is 141 Å². The SMILES string of the molecule is CN=C(NCCCN1CCCC(C)C1)NCc1ccccc1C. The first-order valence-electron chi connectivity index (χ1n) is 8.90. The number of aryl methyl sites for hydroxylation is 1. The normalized spacial score (nSPS) is 19.6. The third kappa shape index (κ3) is 6.22. The molecule has 1 heterocycles. The Balaban J connectivity index is 1.64. The van der Waals surface area contributed by atoms with E-state index in [-0.39, 0.29) is 0 Å². The van der Waals surface area contributed by atoms with E-state index in [1.54, 1.807) is 0 Å². The average Bonchev–Trinajstić information content (AvgIpc) is 2.55. The van der Waals surface area contributed by atoms with Crippen LogP contribution in [0.4, 0.5) is 0 Å². The minimum absolute atomic E-state index is 0.815. The van der Waals surface area contributed by atoms with Gasteiger partial charge in [-0.2, -0.15) is 0 Å². The summed E-state index contributed by atoms with van der Waals surface area (Å²) in [6.45, 7) is 10.0. The molecule has 1 aliphatic rings. The molecule has 1 aliphatic heterocycles. The molecule has 0 spiro atoms. The highest BCUT2D eigenvalue weighted by atomic mass is 15.2. The lowest BCUT2D eigenvalue weighted by Crippen LogP contribution is -2.39. The molecule has 4 nitrogen and oxygen atoms in total. The molecule has 1 fully saturated rings. The van der Waals surface area contributed by atoms with Gasteiger partial charge in [-0.3, -0.25) is 4.99 Å². The predicted molar refractivity (Wildman–Crippen MR) is 98.8 cm³/mol. The van der Waals surface area contributed by atoms with Crippen LogP contribution in [0, 0.1) is 12.8 Å². The van der Waals surface area contributed by atoms with Gasteiger partial charge in [-0.15, -0.1) is 0 Å². The molecule has 0 saturated carbocycles. The van der Waals surface area contributed by atoms with Crippen LogP contribution in [-0.4, -0.2) is 44.1 Å². The van der Waals surface area contributed by atoms with Crippen LogP contribution >= 0.6 is 0 Å². The zero-order valence-electron chi connectivity index (χ0n) is 14.9. The third-order valence-electron chi connectivity index (χ3n) is 4.62. The fourth-order valence-electron chi connectivity index (χ4n) is 3.21. The van der Waals surface area contributed by atoms with Gasteiger partial charge in [0.1, 0.15) is 0 Å². The molecule has 0 amide bonds. The molecule has 23 heavy (non-hydrogen) atoms. The zero-order chi connectivity index (χ0) is 16.5. The van der Waals surface area contributed by atoms with Crippen molar-refractivity contribution < 1.29 is 0 Å². The minimum Gasteiger partial charge on any atom is -0.356 e. The van der Waals surface area contributed by atoms with Gasteiger partial charge in [0.25, 0.3) is 0 Å².